The molecule has 0 unspecified atom stereocenters. The largest absolute Gasteiger partial charge is 0.497 e. The quantitative estimate of drug-likeness (QED) is 0.336. The molecule has 0 spiro atoms. The number of ether oxygens (including phenoxy) is 1. The topological polar surface area (TPSA) is 159 Å². The molecule has 47 heavy (non-hydrogen) atoms. The van der Waals surface area contributed by atoms with Gasteiger partial charge in [-0.25, -0.2) is 4.98 Å². The van der Waals surface area contributed by atoms with Crippen LogP contribution in [0.5, 0.6) is 5.75 Å². The SMILES string of the molecule is COc1ccc(C[C@@H]2NC(=O)[C@H](CC(C)C)NC(=O)CN(C(=O)c3sc(C(C)C)nc3C)C[C@H](C(C)C)NC(=O)[C@@H](C)NC2=O)cc1. The maximum atomic E-state index is 14.0. The number of thiazole rings is 1. The van der Waals surface area contributed by atoms with Crippen molar-refractivity contribution < 1.29 is 28.7 Å². The minimum absolute atomic E-state index is 0.0289. The normalized spacial score (nSPS) is 21.9. The van der Waals surface area contributed by atoms with E-state index in [4.69, 9.17) is 4.74 Å². The number of nitrogens with zero attached hydrogens (tertiary/aromatic N) is 2. The Bertz CT molecular complexity index is 1420. The summed E-state index contributed by atoms with van der Waals surface area (Å²) >= 11 is 1.29. The molecule has 1 aliphatic heterocycles. The lowest BCUT2D eigenvalue weighted by Crippen LogP contribution is -2.57. The van der Waals surface area contributed by atoms with E-state index in [-0.39, 0.29) is 43.2 Å². The van der Waals surface area contributed by atoms with Crippen LogP contribution >= 0.6 is 11.3 Å². The zero-order valence-electron chi connectivity index (χ0n) is 28.9. The van der Waals surface area contributed by atoms with E-state index in [1.165, 1.54) is 16.2 Å². The number of nitrogens with one attached hydrogen (secondary N) is 4. The van der Waals surface area contributed by atoms with E-state index < -0.39 is 47.8 Å². The lowest BCUT2D eigenvalue weighted by atomic mass is 10.0. The van der Waals surface area contributed by atoms with Crippen molar-refractivity contribution >= 4 is 40.9 Å². The molecule has 1 saturated heterocycles. The van der Waals surface area contributed by atoms with Crippen LogP contribution in [0.15, 0.2) is 24.3 Å². The lowest BCUT2D eigenvalue weighted by Gasteiger charge is -2.31. The fourth-order valence-electron chi connectivity index (χ4n) is 5.17. The van der Waals surface area contributed by atoms with Gasteiger partial charge in [0.25, 0.3) is 5.91 Å². The predicted octanol–water partition coefficient (Wildman–Crippen LogP) is 2.94. The maximum Gasteiger partial charge on any atom is 0.266 e. The number of methoxy groups -OCH3 is 1. The molecule has 5 amide bonds. The van der Waals surface area contributed by atoms with Crippen molar-refractivity contribution in [2.24, 2.45) is 11.8 Å². The van der Waals surface area contributed by atoms with Gasteiger partial charge in [0.1, 0.15) is 28.8 Å². The number of benzene rings is 1. The first-order valence-corrected chi connectivity index (χ1v) is 17.0. The molecule has 2 heterocycles. The number of rotatable bonds is 8. The summed E-state index contributed by atoms with van der Waals surface area (Å²) < 4.78 is 5.24. The van der Waals surface area contributed by atoms with Gasteiger partial charge in [0.15, 0.2) is 0 Å². The number of carbonyl (C=O) groups is 5. The first-order chi connectivity index (χ1) is 22.1. The summed E-state index contributed by atoms with van der Waals surface area (Å²) in [6, 6.07) is 3.62. The van der Waals surface area contributed by atoms with Crippen LogP contribution in [0, 0.1) is 18.8 Å². The average molecular weight is 671 g/mol. The summed E-state index contributed by atoms with van der Waals surface area (Å²) in [5.41, 5.74) is 1.33. The lowest BCUT2D eigenvalue weighted by molar-refractivity contribution is -0.133. The van der Waals surface area contributed by atoms with Crippen LogP contribution < -0.4 is 26.0 Å². The van der Waals surface area contributed by atoms with Crippen LogP contribution in [0.25, 0.3) is 0 Å². The third kappa shape index (κ3) is 10.5. The van der Waals surface area contributed by atoms with E-state index in [1.807, 2.05) is 41.5 Å². The highest BCUT2D eigenvalue weighted by atomic mass is 32.1. The third-order valence-electron chi connectivity index (χ3n) is 8.02. The molecule has 1 fully saturated rings. The summed E-state index contributed by atoms with van der Waals surface area (Å²) in [5, 5.41) is 12.2. The number of hydrogen-bond acceptors (Lipinski definition) is 8. The predicted molar refractivity (Wildman–Crippen MR) is 181 cm³/mol. The number of amides is 5. The van der Waals surface area contributed by atoms with Gasteiger partial charge in [-0.05, 0) is 49.8 Å². The first kappa shape index (κ1) is 37.5. The summed E-state index contributed by atoms with van der Waals surface area (Å²) in [7, 11) is 1.56. The van der Waals surface area contributed by atoms with E-state index in [1.54, 1.807) is 45.2 Å². The summed E-state index contributed by atoms with van der Waals surface area (Å²) in [6.07, 6.45) is 0.445. The monoisotopic (exact) mass is 670 g/mol. The Morgan fingerprint density at radius 3 is 2.13 bits per heavy atom. The Labute approximate surface area is 281 Å². The fourth-order valence-corrected chi connectivity index (χ4v) is 6.21. The van der Waals surface area contributed by atoms with Crippen molar-refractivity contribution in [1.29, 1.82) is 0 Å². The highest BCUT2D eigenvalue weighted by Gasteiger charge is 2.33. The van der Waals surface area contributed by atoms with E-state index in [0.29, 0.717) is 22.7 Å². The molecule has 1 aromatic heterocycles. The van der Waals surface area contributed by atoms with Crippen LogP contribution in [0.4, 0.5) is 0 Å². The fraction of sp³-hybridized carbons (Fsp3) is 0.588. The van der Waals surface area contributed by atoms with Crippen molar-refractivity contribution in [2.45, 2.75) is 98.3 Å². The van der Waals surface area contributed by atoms with Gasteiger partial charge < -0.3 is 30.9 Å². The van der Waals surface area contributed by atoms with Crippen molar-refractivity contribution in [3.8, 4) is 5.75 Å². The van der Waals surface area contributed by atoms with Crippen molar-refractivity contribution in [1.82, 2.24) is 31.2 Å². The van der Waals surface area contributed by atoms with Gasteiger partial charge in [0.2, 0.25) is 23.6 Å². The van der Waals surface area contributed by atoms with E-state index in [0.717, 1.165) is 10.6 Å². The molecule has 1 aromatic carbocycles. The van der Waals surface area contributed by atoms with Crippen LogP contribution in [0.3, 0.4) is 0 Å². The summed E-state index contributed by atoms with van der Waals surface area (Å²) in [5.74, 6) is -1.76. The molecule has 0 aliphatic carbocycles. The Balaban J connectivity index is 2.01. The molecule has 0 saturated carbocycles. The van der Waals surface area contributed by atoms with Gasteiger partial charge in [0.05, 0.1) is 24.4 Å². The van der Waals surface area contributed by atoms with Gasteiger partial charge >= 0.3 is 0 Å². The second-order valence-corrected chi connectivity index (χ2v) is 14.3. The number of hydrogen-bond donors (Lipinski definition) is 4. The molecule has 12 nitrogen and oxygen atoms in total. The molecule has 4 N–H and O–H groups in total. The van der Waals surface area contributed by atoms with Crippen LogP contribution in [-0.4, -0.2) is 83.8 Å². The Morgan fingerprint density at radius 2 is 1.57 bits per heavy atom. The second-order valence-electron chi connectivity index (χ2n) is 13.3. The third-order valence-corrected chi connectivity index (χ3v) is 9.46. The van der Waals surface area contributed by atoms with E-state index in [2.05, 4.69) is 26.3 Å². The molecule has 3 rings (SSSR count). The molecule has 2 aromatic rings. The molecular formula is C34H50N6O6S. The molecule has 4 atom stereocenters. The zero-order chi connectivity index (χ0) is 35.0. The average Bonchev–Trinajstić information content (AvgIpc) is 3.40. The maximum absolute atomic E-state index is 14.0. The smallest absolute Gasteiger partial charge is 0.266 e. The molecule has 258 valence electrons. The van der Waals surface area contributed by atoms with Gasteiger partial charge in [-0.15, -0.1) is 11.3 Å². The van der Waals surface area contributed by atoms with Gasteiger partial charge in [-0.2, -0.15) is 0 Å². The highest BCUT2D eigenvalue weighted by Crippen LogP contribution is 2.26. The van der Waals surface area contributed by atoms with Gasteiger partial charge in [0, 0.05) is 24.9 Å². The van der Waals surface area contributed by atoms with E-state index in [9.17, 15) is 24.0 Å². The molecule has 0 bridgehead atoms. The van der Waals surface area contributed by atoms with Crippen molar-refractivity contribution in [3.05, 3.63) is 45.4 Å². The molecule has 1 aliphatic rings. The Hall–Kier alpha value is -4.00. The molecular weight excluding hydrogens is 620 g/mol. The Kier molecular flexibility index (Phi) is 13.3. The first-order valence-electron chi connectivity index (χ1n) is 16.2. The second kappa shape index (κ2) is 16.7. The minimum atomic E-state index is -1.04. The van der Waals surface area contributed by atoms with Crippen LogP contribution in [0.2, 0.25) is 0 Å². The number of aromatic nitrogens is 1. The molecule has 0 radical (unpaired) electrons. The highest BCUT2D eigenvalue weighted by molar-refractivity contribution is 7.13. The number of carbonyl (C=O) groups excluding carboxylic acids is 5. The van der Waals surface area contributed by atoms with Crippen LogP contribution in [-0.2, 0) is 25.6 Å². The summed E-state index contributed by atoms with van der Waals surface area (Å²) in [4.78, 5) is 74.7. The summed E-state index contributed by atoms with van der Waals surface area (Å²) in [6.45, 7) is 14.7. The molecule has 13 heteroatoms. The standard InChI is InChI=1S/C34H50N6O6S/c1-18(2)14-25-32(44)38-26(15-23-10-12-24(46-9)13-11-23)31(43)35-22(8)30(42)39-27(19(3)4)16-40(17-28(41)37-25)34(45)29-21(7)36-33(47-29)20(5)6/h10-13,18-20,22,25-27H,14-17H2,1-9H3,(H,35,43)(H,37,41)(H,38,44)(H,39,42)/t22-,25+,26+,27-/m1/s1. The van der Waals surface area contributed by atoms with E-state index >= 15 is 0 Å². The van der Waals surface area contributed by atoms with Crippen molar-refractivity contribution in [3.63, 3.8) is 0 Å². The number of aryl methyl sites for hydroxylation is 1. The van der Waals surface area contributed by atoms with Gasteiger partial charge in [-0.3, -0.25) is 24.0 Å². The zero-order valence-corrected chi connectivity index (χ0v) is 29.7. The van der Waals surface area contributed by atoms with Crippen molar-refractivity contribution in [2.75, 3.05) is 20.2 Å². The Morgan fingerprint density at radius 1 is 0.936 bits per heavy atom. The van der Waals surface area contributed by atoms with Gasteiger partial charge in [-0.1, -0.05) is 53.7 Å². The minimum Gasteiger partial charge on any atom is -0.497 e. The van der Waals surface area contributed by atoms with Crippen LogP contribution in [0.1, 0.15) is 86.7 Å².